The summed E-state index contributed by atoms with van der Waals surface area (Å²) >= 11 is 0. The van der Waals surface area contributed by atoms with Gasteiger partial charge in [-0.2, -0.15) is 4.98 Å². The maximum Gasteiger partial charge on any atom is 0.202 e. The van der Waals surface area contributed by atoms with Gasteiger partial charge in [0, 0.05) is 12.7 Å². The van der Waals surface area contributed by atoms with Gasteiger partial charge in [0.15, 0.2) is 5.65 Å². The van der Waals surface area contributed by atoms with Gasteiger partial charge in [-0.05, 0) is 44.0 Å². The number of H-pyrrole nitrogens is 1. The van der Waals surface area contributed by atoms with Crippen LogP contribution in [0.4, 0.5) is 5.95 Å². The van der Waals surface area contributed by atoms with Crippen molar-refractivity contribution in [1.82, 2.24) is 20.3 Å². The first-order chi connectivity index (χ1) is 8.42. The summed E-state index contributed by atoms with van der Waals surface area (Å²) in [5, 5.41) is 6.77. The van der Waals surface area contributed by atoms with Crippen LogP contribution in [0.15, 0.2) is 18.3 Å². The number of rotatable bonds is 3. The highest BCUT2D eigenvalue weighted by Gasteiger charge is 2.13. The Kier molecular flexibility index (Phi) is 2.92. The minimum Gasteiger partial charge on any atom is -0.355 e. The molecular formula is C12H17N5. The number of pyridine rings is 1. The van der Waals surface area contributed by atoms with Gasteiger partial charge in [0.25, 0.3) is 0 Å². The summed E-state index contributed by atoms with van der Waals surface area (Å²) in [5.74, 6) is 1.52. The lowest BCUT2D eigenvalue weighted by Crippen LogP contribution is -2.33. The topological polar surface area (TPSA) is 65.6 Å². The maximum absolute atomic E-state index is 4.40. The van der Waals surface area contributed by atoms with Crippen molar-refractivity contribution in [1.29, 1.82) is 0 Å². The van der Waals surface area contributed by atoms with Crippen LogP contribution in [-0.4, -0.2) is 34.6 Å². The first-order valence-corrected chi connectivity index (χ1v) is 6.17. The summed E-state index contributed by atoms with van der Waals surface area (Å²) in [4.78, 5) is 11.8. The predicted molar refractivity (Wildman–Crippen MR) is 68.0 cm³/mol. The van der Waals surface area contributed by atoms with Gasteiger partial charge >= 0.3 is 0 Å². The molecule has 1 saturated heterocycles. The number of nitrogens with zero attached hydrogens (tertiary/aromatic N) is 2. The smallest absolute Gasteiger partial charge is 0.202 e. The highest BCUT2D eigenvalue weighted by atomic mass is 15.1. The van der Waals surface area contributed by atoms with E-state index < -0.39 is 0 Å². The number of imidazole rings is 1. The number of hydrogen-bond acceptors (Lipinski definition) is 4. The molecule has 5 nitrogen and oxygen atoms in total. The molecule has 0 amide bonds. The molecule has 2 aromatic heterocycles. The molecule has 17 heavy (non-hydrogen) atoms. The van der Waals surface area contributed by atoms with E-state index in [0.717, 1.165) is 36.7 Å². The first kappa shape index (κ1) is 10.5. The Hall–Kier alpha value is -1.62. The third-order valence-electron chi connectivity index (χ3n) is 3.21. The number of aromatic amines is 1. The van der Waals surface area contributed by atoms with Crippen molar-refractivity contribution < 1.29 is 0 Å². The van der Waals surface area contributed by atoms with E-state index in [4.69, 9.17) is 0 Å². The lowest BCUT2D eigenvalue weighted by atomic mass is 10.00. The molecule has 0 saturated carbocycles. The van der Waals surface area contributed by atoms with Crippen LogP contribution in [0.1, 0.15) is 12.8 Å². The fraction of sp³-hybridized carbons (Fsp3) is 0.500. The van der Waals surface area contributed by atoms with Gasteiger partial charge < -0.3 is 15.6 Å². The molecular weight excluding hydrogens is 214 g/mol. The molecule has 0 spiro atoms. The largest absolute Gasteiger partial charge is 0.355 e. The molecule has 1 aliphatic heterocycles. The molecule has 1 atom stereocenters. The fourth-order valence-corrected chi connectivity index (χ4v) is 2.27. The molecule has 3 rings (SSSR count). The minimum absolute atomic E-state index is 0.699. The molecule has 0 unspecified atom stereocenters. The van der Waals surface area contributed by atoms with Gasteiger partial charge in [-0.1, -0.05) is 0 Å². The summed E-state index contributed by atoms with van der Waals surface area (Å²) in [5.41, 5.74) is 1.76. The lowest BCUT2D eigenvalue weighted by molar-refractivity contribution is 0.392. The van der Waals surface area contributed by atoms with Gasteiger partial charge in [-0.15, -0.1) is 0 Å². The van der Waals surface area contributed by atoms with Crippen LogP contribution in [-0.2, 0) is 0 Å². The fourth-order valence-electron chi connectivity index (χ4n) is 2.27. The number of nitrogens with one attached hydrogen (secondary N) is 3. The van der Waals surface area contributed by atoms with Crippen LogP contribution < -0.4 is 10.6 Å². The molecule has 0 radical (unpaired) electrons. The average molecular weight is 231 g/mol. The average Bonchev–Trinajstić information content (AvgIpc) is 2.80. The molecule has 90 valence electrons. The van der Waals surface area contributed by atoms with Crippen molar-refractivity contribution in [2.45, 2.75) is 12.8 Å². The van der Waals surface area contributed by atoms with Crippen LogP contribution in [0.5, 0.6) is 0 Å². The van der Waals surface area contributed by atoms with E-state index in [9.17, 15) is 0 Å². The summed E-state index contributed by atoms with van der Waals surface area (Å²) in [7, 11) is 0. The second kappa shape index (κ2) is 4.71. The highest BCUT2D eigenvalue weighted by molar-refractivity contribution is 5.72. The number of fused-ring (bicyclic) bond motifs is 1. The van der Waals surface area contributed by atoms with Crippen LogP contribution in [0.3, 0.4) is 0 Å². The zero-order valence-electron chi connectivity index (χ0n) is 9.74. The van der Waals surface area contributed by atoms with Crippen LogP contribution in [0.2, 0.25) is 0 Å². The Morgan fingerprint density at radius 3 is 3.29 bits per heavy atom. The Morgan fingerprint density at radius 2 is 2.47 bits per heavy atom. The Morgan fingerprint density at radius 1 is 1.47 bits per heavy atom. The molecule has 5 heteroatoms. The summed E-state index contributed by atoms with van der Waals surface area (Å²) < 4.78 is 0. The third kappa shape index (κ3) is 2.39. The van der Waals surface area contributed by atoms with E-state index in [1.807, 2.05) is 12.1 Å². The van der Waals surface area contributed by atoms with Crippen LogP contribution in [0.25, 0.3) is 11.2 Å². The Bertz CT molecular complexity index is 453. The van der Waals surface area contributed by atoms with Crippen LogP contribution in [0, 0.1) is 5.92 Å². The van der Waals surface area contributed by atoms with Crippen molar-refractivity contribution in [3.05, 3.63) is 18.3 Å². The van der Waals surface area contributed by atoms with Gasteiger partial charge in [-0.25, -0.2) is 4.98 Å². The van der Waals surface area contributed by atoms with Crippen molar-refractivity contribution in [3.8, 4) is 0 Å². The third-order valence-corrected chi connectivity index (χ3v) is 3.21. The second-order valence-corrected chi connectivity index (χ2v) is 4.55. The molecule has 1 fully saturated rings. The maximum atomic E-state index is 4.40. The van der Waals surface area contributed by atoms with E-state index >= 15 is 0 Å². The lowest BCUT2D eigenvalue weighted by Gasteiger charge is -2.22. The van der Waals surface area contributed by atoms with Crippen molar-refractivity contribution in [2.75, 3.05) is 25.0 Å². The molecule has 3 N–H and O–H groups in total. The van der Waals surface area contributed by atoms with Gasteiger partial charge in [0.2, 0.25) is 5.95 Å². The van der Waals surface area contributed by atoms with Crippen molar-refractivity contribution in [3.63, 3.8) is 0 Å². The Labute approximate surface area is 100 Å². The first-order valence-electron chi connectivity index (χ1n) is 6.17. The number of hydrogen-bond donors (Lipinski definition) is 3. The van der Waals surface area contributed by atoms with Gasteiger partial charge in [0.1, 0.15) is 0 Å². The van der Waals surface area contributed by atoms with Crippen molar-refractivity contribution >= 4 is 17.1 Å². The SMILES string of the molecule is c1cnc2nc(NC[C@H]3CCCNC3)[nH]c2c1. The van der Waals surface area contributed by atoms with Gasteiger partial charge in [-0.3, -0.25) is 0 Å². The van der Waals surface area contributed by atoms with E-state index in [-0.39, 0.29) is 0 Å². The number of aromatic nitrogens is 3. The number of anilines is 1. The summed E-state index contributed by atoms with van der Waals surface area (Å²) in [6.45, 7) is 3.23. The molecule has 1 aliphatic rings. The molecule has 0 bridgehead atoms. The minimum atomic E-state index is 0.699. The molecule has 0 aliphatic carbocycles. The molecule has 0 aromatic carbocycles. The van der Waals surface area contributed by atoms with Crippen molar-refractivity contribution in [2.24, 2.45) is 5.92 Å². The highest BCUT2D eigenvalue weighted by Crippen LogP contribution is 2.13. The predicted octanol–water partition coefficient (Wildman–Crippen LogP) is 1.37. The summed E-state index contributed by atoms with van der Waals surface area (Å²) in [6, 6.07) is 3.90. The summed E-state index contributed by atoms with van der Waals surface area (Å²) in [6.07, 6.45) is 4.32. The van der Waals surface area contributed by atoms with E-state index in [1.165, 1.54) is 12.8 Å². The zero-order valence-corrected chi connectivity index (χ0v) is 9.74. The van der Waals surface area contributed by atoms with Crippen LogP contribution >= 0.6 is 0 Å². The second-order valence-electron chi connectivity index (χ2n) is 4.55. The quantitative estimate of drug-likeness (QED) is 0.746. The monoisotopic (exact) mass is 231 g/mol. The molecule has 2 aromatic rings. The van der Waals surface area contributed by atoms with E-state index in [2.05, 4.69) is 25.6 Å². The number of piperidine rings is 1. The van der Waals surface area contributed by atoms with Gasteiger partial charge in [0.05, 0.1) is 5.52 Å². The van der Waals surface area contributed by atoms with E-state index in [1.54, 1.807) is 6.20 Å². The molecule has 3 heterocycles. The zero-order chi connectivity index (χ0) is 11.5. The normalized spacial score (nSPS) is 20.6. The standard InChI is InChI=1S/C12H17N5/c1-3-9(7-13-5-1)8-15-12-16-10-4-2-6-14-11(10)17-12/h2,4,6,9,13H,1,3,5,7-8H2,(H2,14,15,16,17)/t9-/m0/s1. The Balaban J connectivity index is 1.64. The van der Waals surface area contributed by atoms with E-state index in [0.29, 0.717) is 5.92 Å².